The molecule has 12 heavy (non-hydrogen) atoms. The summed E-state index contributed by atoms with van der Waals surface area (Å²) in [5.74, 6) is 0. The van der Waals surface area contributed by atoms with E-state index in [9.17, 15) is 8.78 Å². The van der Waals surface area contributed by atoms with Crippen molar-refractivity contribution in [2.24, 2.45) is 0 Å². The van der Waals surface area contributed by atoms with Crippen LogP contribution in [0.3, 0.4) is 0 Å². The molecule has 0 N–H and O–H groups in total. The van der Waals surface area contributed by atoms with Crippen LogP contribution in [-0.4, -0.2) is 4.98 Å². The first-order valence-corrected chi connectivity index (χ1v) is 5.06. The number of nitrogens with zero attached hydrogens (tertiary/aromatic N) is 1. The highest BCUT2D eigenvalue weighted by atomic mass is 79.9. The Hall–Kier alpha value is -0.0300. The highest BCUT2D eigenvalue weighted by Crippen LogP contribution is 2.24. The van der Waals surface area contributed by atoms with Crippen LogP contribution in [0.1, 0.15) is 17.7 Å². The Bertz CT molecular complexity index is 278. The second-order valence-electron chi connectivity index (χ2n) is 2.10. The smallest absolute Gasteiger partial charge is 0.245 e. The molecule has 1 aromatic heterocycles. The first-order valence-electron chi connectivity index (χ1n) is 3.14. The first kappa shape index (κ1) is 10.1. The second kappa shape index (κ2) is 4.28. The van der Waals surface area contributed by atoms with Gasteiger partial charge < -0.3 is 0 Å². The van der Waals surface area contributed by atoms with Crippen LogP contribution < -0.4 is 0 Å². The van der Waals surface area contributed by atoms with Gasteiger partial charge in [-0.2, -0.15) is 0 Å². The Morgan fingerprint density at radius 1 is 1.42 bits per heavy atom. The number of pyridine rings is 1. The second-order valence-corrected chi connectivity index (χ2v) is 3.48. The van der Waals surface area contributed by atoms with Crippen molar-refractivity contribution in [1.29, 1.82) is 0 Å². The molecule has 0 saturated carbocycles. The number of halogens is 4. The van der Waals surface area contributed by atoms with E-state index in [0.29, 0.717) is 15.6 Å². The van der Waals surface area contributed by atoms with Gasteiger partial charge in [-0.25, -0.2) is 13.8 Å². The zero-order valence-electron chi connectivity index (χ0n) is 5.90. The van der Waals surface area contributed by atoms with Crippen molar-refractivity contribution in [2.45, 2.75) is 11.8 Å². The summed E-state index contributed by atoms with van der Waals surface area (Å²) in [6.07, 6.45) is -2.46. The highest BCUT2D eigenvalue weighted by molar-refractivity contribution is 9.10. The molecule has 1 rings (SSSR count). The minimum absolute atomic E-state index is 0.0184. The van der Waals surface area contributed by atoms with E-state index in [0.717, 1.165) is 0 Å². The topological polar surface area (TPSA) is 12.9 Å². The lowest BCUT2D eigenvalue weighted by atomic mass is 10.2. The van der Waals surface area contributed by atoms with Crippen molar-refractivity contribution in [3.63, 3.8) is 0 Å². The number of hydrogen-bond donors (Lipinski definition) is 0. The van der Waals surface area contributed by atoms with E-state index in [1.54, 1.807) is 0 Å². The van der Waals surface area contributed by atoms with Gasteiger partial charge in [0.05, 0.1) is 5.69 Å². The molecule has 0 aliphatic rings. The van der Waals surface area contributed by atoms with Crippen molar-refractivity contribution in [2.75, 3.05) is 0 Å². The molecule has 1 aromatic rings. The highest BCUT2D eigenvalue weighted by Gasteiger charge is 2.12. The fourth-order valence-electron chi connectivity index (χ4n) is 0.791. The lowest BCUT2D eigenvalue weighted by Gasteiger charge is -2.04. The minimum atomic E-state index is -2.46. The Kier molecular flexibility index (Phi) is 3.58. The lowest BCUT2D eigenvalue weighted by Crippen LogP contribution is -1.95. The molecule has 0 aliphatic carbocycles. The van der Waals surface area contributed by atoms with Crippen molar-refractivity contribution in [3.05, 3.63) is 28.0 Å². The summed E-state index contributed by atoms with van der Waals surface area (Å²) in [4.78, 5) is 3.90. The molecule has 0 amide bonds. The average molecular weight is 301 g/mol. The molecule has 1 nitrogen and oxygen atoms in total. The Balaban J connectivity index is 3.11. The molecule has 0 saturated heterocycles. The molecular weight excluding hydrogens is 296 g/mol. The minimum Gasteiger partial charge on any atom is -0.245 e. The summed E-state index contributed by atoms with van der Waals surface area (Å²) >= 11 is 6.20. The van der Waals surface area contributed by atoms with Gasteiger partial charge in [0.15, 0.2) is 0 Å². The number of rotatable bonds is 2. The molecule has 0 radical (unpaired) electrons. The molecule has 0 unspecified atom stereocenters. The third-order valence-corrected chi connectivity index (χ3v) is 2.31. The van der Waals surface area contributed by atoms with Crippen LogP contribution in [0.4, 0.5) is 8.78 Å². The first-order chi connectivity index (χ1) is 5.65. The molecule has 1 heterocycles. The van der Waals surface area contributed by atoms with Crippen LogP contribution in [0.25, 0.3) is 0 Å². The van der Waals surface area contributed by atoms with Gasteiger partial charge >= 0.3 is 0 Å². The Labute approximate surface area is 85.4 Å². The summed E-state index contributed by atoms with van der Waals surface area (Å²) < 4.78 is 25.1. The maximum atomic E-state index is 12.3. The Morgan fingerprint density at radius 3 is 2.58 bits per heavy atom. The molecule has 0 atom stereocenters. The van der Waals surface area contributed by atoms with E-state index in [-0.39, 0.29) is 5.56 Å². The fourth-order valence-corrected chi connectivity index (χ4v) is 1.59. The molecule has 0 aliphatic heterocycles. The third kappa shape index (κ3) is 2.23. The van der Waals surface area contributed by atoms with Crippen LogP contribution in [0.5, 0.6) is 0 Å². The van der Waals surface area contributed by atoms with Gasteiger partial charge in [0, 0.05) is 10.9 Å². The van der Waals surface area contributed by atoms with E-state index in [4.69, 9.17) is 0 Å². The van der Waals surface area contributed by atoms with Gasteiger partial charge in [0.25, 0.3) is 6.43 Å². The van der Waals surface area contributed by atoms with Gasteiger partial charge in [-0.3, -0.25) is 0 Å². The number of alkyl halides is 3. The monoisotopic (exact) mass is 299 g/mol. The summed E-state index contributed by atoms with van der Waals surface area (Å²) in [7, 11) is 0. The predicted molar refractivity (Wildman–Crippen MR) is 49.5 cm³/mol. The molecule has 0 fully saturated rings. The quantitative estimate of drug-likeness (QED) is 0.600. The summed E-state index contributed by atoms with van der Waals surface area (Å²) in [6, 6.07) is 2.88. The van der Waals surface area contributed by atoms with Crippen molar-refractivity contribution >= 4 is 31.9 Å². The average Bonchev–Trinajstić information content (AvgIpc) is 2.03. The van der Waals surface area contributed by atoms with E-state index >= 15 is 0 Å². The summed E-state index contributed by atoms with van der Waals surface area (Å²) in [5, 5.41) is 0.339. The van der Waals surface area contributed by atoms with E-state index < -0.39 is 6.43 Å². The van der Waals surface area contributed by atoms with Gasteiger partial charge in [0.2, 0.25) is 0 Å². The largest absolute Gasteiger partial charge is 0.265 e. The molecular formula is C7H5Br2F2N. The summed E-state index contributed by atoms with van der Waals surface area (Å²) in [5.41, 5.74) is 0.356. The standard InChI is InChI=1S/C7H5Br2F2N/c8-3-5-4(7(10)11)1-2-6(9)12-5/h1-2,7H,3H2. The molecule has 5 heteroatoms. The van der Waals surface area contributed by atoms with Crippen molar-refractivity contribution in [1.82, 2.24) is 4.98 Å². The van der Waals surface area contributed by atoms with Gasteiger partial charge in [-0.1, -0.05) is 15.9 Å². The SMILES string of the molecule is FC(F)c1ccc(Br)nc1CBr. The van der Waals surface area contributed by atoms with E-state index in [1.165, 1.54) is 12.1 Å². The Morgan fingerprint density at radius 2 is 2.08 bits per heavy atom. The van der Waals surface area contributed by atoms with Gasteiger partial charge in [0.1, 0.15) is 4.60 Å². The zero-order chi connectivity index (χ0) is 9.14. The number of aromatic nitrogens is 1. The predicted octanol–water partition coefficient (Wildman–Crippen LogP) is 3.68. The molecule has 0 spiro atoms. The van der Waals surface area contributed by atoms with E-state index in [2.05, 4.69) is 36.8 Å². The zero-order valence-corrected chi connectivity index (χ0v) is 9.07. The third-order valence-electron chi connectivity index (χ3n) is 1.34. The molecule has 66 valence electrons. The van der Waals surface area contributed by atoms with Crippen LogP contribution >= 0.6 is 31.9 Å². The maximum Gasteiger partial charge on any atom is 0.265 e. The van der Waals surface area contributed by atoms with Gasteiger partial charge in [-0.05, 0) is 28.1 Å². The van der Waals surface area contributed by atoms with Crippen molar-refractivity contribution in [3.8, 4) is 0 Å². The van der Waals surface area contributed by atoms with Crippen LogP contribution in [0.2, 0.25) is 0 Å². The summed E-state index contributed by atoms with van der Waals surface area (Å²) in [6.45, 7) is 0. The molecule has 0 aromatic carbocycles. The van der Waals surface area contributed by atoms with Crippen LogP contribution in [0.15, 0.2) is 16.7 Å². The van der Waals surface area contributed by atoms with Crippen molar-refractivity contribution < 1.29 is 8.78 Å². The molecule has 0 bridgehead atoms. The normalized spacial score (nSPS) is 10.8. The van der Waals surface area contributed by atoms with Gasteiger partial charge in [-0.15, -0.1) is 0 Å². The van der Waals surface area contributed by atoms with Crippen LogP contribution in [0, 0.1) is 0 Å². The van der Waals surface area contributed by atoms with E-state index in [1.807, 2.05) is 0 Å². The fraction of sp³-hybridized carbons (Fsp3) is 0.286. The van der Waals surface area contributed by atoms with Crippen LogP contribution in [-0.2, 0) is 5.33 Å². The maximum absolute atomic E-state index is 12.3. The lowest BCUT2D eigenvalue weighted by molar-refractivity contribution is 0.150. The number of hydrogen-bond acceptors (Lipinski definition) is 1.